The molecule has 2 atom stereocenters. The Balaban J connectivity index is 1.50. The van der Waals surface area contributed by atoms with Gasteiger partial charge in [0.05, 0.1) is 6.10 Å². The molecule has 0 aromatic carbocycles. The number of methoxy groups -OCH3 is 1. The summed E-state index contributed by atoms with van der Waals surface area (Å²) in [7, 11) is 1.71. The number of H-pyrrole nitrogens is 1. The van der Waals surface area contributed by atoms with Crippen LogP contribution in [0.4, 0.5) is 5.82 Å². The van der Waals surface area contributed by atoms with E-state index in [9.17, 15) is 4.79 Å². The minimum absolute atomic E-state index is 0.0202. The first-order valence-corrected chi connectivity index (χ1v) is 7.72. The lowest BCUT2D eigenvalue weighted by Crippen LogP contribution is -2.35. The molecule has 1 aromatic heterocycles. The number of aromatic amines is 1. The molecular weight excluding hydrogens is 270 g/mol. The number of aromatic nitrogens is 2. The summed E-state index contributed by atoms with van der Waals surface area (Å²) in [5.41, 5.74) is 1.09. The molecule has 0 radical (unpaired) electrons. The zero-order valence-corrected chi connectivity index (χ0v) is 12.4. The second-order valence-corrected chi connectivity index (χ2v) is 5.96. The molecule has 1 saturated carbocycles. The zero-order chi connectivity index (χ0) is 14.7. The molecule has 116 valence electrons. The van der Waals surface area contributed by atoms with E-state index in [0.29, 0.717) is 24.1 Å². The molecule has 2 aliphatic rings. The minimum atomic E-state index is 0.0202. The Morgan fingerprint density at radius 1 is 1.43 bits per heavy atom. The van der Waals surface area contributed by atoms with Crippen LogP contribution in [0.3, 0.4) is 0 Å². The number of hydrogen-bond donors (Lipinski definition) is 2. The van der Waals surface area contributed by atoms with Gasteiger partial charge in [0.15, 0.2) is 5.82 Å². The largest absolute Gasteiger partial charge is 0.381 e. The van der Waals surface area contributed by atoms with Crippen molar-refractivity contribution in [3.05, 3.63) is 11.8 Å². The molecule has 1 saturated heterocycles. The number of amides is 1. The first kappa shape index (κ1) is 14.5. The van der Waals surface area contributed by atoms with Crippen molar-refractivity contribution in [1.82, 2.24) is 10.2 Å². The lowest BCUT2D eigenvalue weighted by molar-refractivity contribution is -0.120. The number of anilines is 1. The van der Waals surface area contributed by atoms with Gasteiger partial charge in [0.25, 0.3) is 0 Å². The fraction of sp³-hybridized carbons (Fsp3) is 0.733. The fourth-order valence-electron chi connectivity index (χ4n) is 3.13. The third-order valence-corrected chi connectivity index (χ3v) is 4.62. The average molecular weight is 293 g/mol. The van der Waals surface area contributed by atoms with E-state index in [1.807, 2.05) is 6.07 Å². The third kappa shape index (κ3) is 3.44. The molecule has 0 bridgehead atoms. The van der Waals surface area contributed by atoms with Crippen LogP contribution in [0.5, 0.6) is 0 Å². The van der Waals surface area contributed by atoms with Crippen LogP contribution in [-0.4, -0.2) is 42.5 Å². The van der Waals surface area contributed by atoms with E-state index in [1.165, 1.54) is 0 Å². The summed E-state index contributed by atoms with van der Waals surface area (Å²) >= 11 is 0. The van der Waals surface area contributed by atoms with Crippen molar-refractivity contribution < 1.29 is 14.3 Å². The summed E-state index contributed by atoms with van der Waals surface area (Å²) in [5.74, 6) is 1.45. The van der Waals surface area contributed by atoms with E-state index in [4.69, 9.17) is 9.47 Å². The second kappa shape index (κ2) is 6.58. The van der Waals surface area contributed by atoms with Crippen molar-refractivity contribution in [3.63, 3.8) is 0 Å². The van der Waals surface area contributed by atoms with E-state index in [-0.39, 0.29) is 12.0 Å². The van der Waals surface area contributed by atoms with Crippen LogP contribution in [0.15, 0.2) is 6.07 Å². The predicted molar refractivity (Wildman–Crippen MR) is 78.1 cm³/mol. The summed E-state index contributed by atoms with van der Waals surface area (Å²) < 4.78 is 10.7. The Bertz CT molecular complexity index is 480. The topological polar surface area (TPSA) is 76.2 Å². The quantitative estimate of drug-likeness (QED) is 0.871. The van der Waals surface area contributed by atoms with Crippen molar-refractivity contribution in [2.24, 2.45) is 5.92 Å². The van der Waals surface area contributed by atoms with Gasteiger partial charge in [-0.15, -0.1) is 0 Å². The number of nitrogens with one attached hydrogen (secondary N) is 2. The van der Waals surface area contributed by atoms with Gasteiger partial charge in [0.1, 0.15) is 0 Å². The van der Waals surface area contributed by atoms with E-state index in [2.05, 4.69) is 15.5 Å². The van der Waals surface area contributed by atoms with Crippen molar-refractivity contribution in [3.8, 4) is 0 Å². The molecule has 2 fully saturated rings. The fourth-order valence-corrected chi connectivity index (χ4v) is 3.13. The maximum absolute atomic E-state index is 12.0. The number of rotatable bonds is 5. The molecule has 1 amide bonds. The highest BCUT2D eigenvalue weighted by Gasteiger charge is 2.32. The van der Waals surface area contributed by atoms with Crippen LogP contribution in [-0.2, 0) is 14.3 Å². The Kier molecular flexibility index (Phi) is 4.55. The van der Waals surface area contributed by atoms with Gasteiger partial charge < -0.3 is 14.8 Å². The van der Waals surface area contributed by atoms with Crippen molar-refractivity contribution in [2.45, 2.75) is 44.1 Å². The Morgan fingerprint density at radius 3 is 2.90 bits per heavy atom. The minimum Gasteiger partial charge on any atom is -0.381 e. The van der Waals surface area contributed by atoms with Gasteiger partial charge >= 0.3 is 0 Å². The van der Waals surface area contributed by atoms with Gasteiger partial charge in [-0.3, -0.25) is 9.89 Å². The Hall–Kier alpha value is -1.40. The summed E-state index contributed by atoms with van der Waals surface area (Å²) in [6, 6.07) is 1.95. The highest BCUT2D eigenvalue weighted by molar-refractivity contribution is 5.90. The van der Waals surface area contributed by atoms with Crippen molar-refractivity contribution >= 4 is 11.7 Å². The number of carbonyl (C=O) groups excluding carboxylic acids is 1. The van der Waals surface area contributed by atoms with Gasteiger partial charge in [-0.1, -0.05) is 0 Å². The zero-order valence-electron chi connectivity index (χ0n) is 12.4. The third-order valence-electron chi connectivity index (χ3n) is 4.62. The number of hydrogen-bond acceptors (Lipinski definition) is 4. The van der Waals surface area contributed by atoms with Gasteiger partial charge in [0.2, 0.25) is 5.91 Å². The molecule has 21 heavy (non-hydrogen) atoms. The molecular formula is C15H23N3O3. The van der Waals surface area contributed by atoms with E-state index >= 15 is 0 Å². The monoisotopic (exact) mass is 293 g/mol. The van der Waals surface area contributed by atoms with E-state index < -0.39 is 0 Å². The Morgan fingerprint density at radius 2 is 2.24 bits per heavy atom. The van der Waals surface area contributed by atoms with Gasteiger partial charge in [-0.2, -0.15) is 5.10 Å². The van der Waals surface area contributed by atoms with Crippen LogP contribution in [0.1, 0.15) is 43.7 Å². The highest BCUT2D eigenvalue weighted by Crippen LogP contribution is 2.33. The van der Waals surface area contributed by atoms with Crippen LogP contribution in [0.2, 0.25) is 0 Å². The SMILES string of the molecule is COC1CCC1CC(=O)Nc1cc(C2CCOCC2)[nH]n1. The van der Waals surface area contributed by atoms with E-state index in [0.717, 1.165) is 44.6 Å². The van der Waals surface area contributed by atoms with Gasteiger partial charge in [-0.05, 0) is 31.6 Å². The molecule has 2 unspecified atom stereocenters. The highest BCUT2D eigenvalue weighted by atomic mass is 16.5. The Labute approximate surface area is 124 Å². The van der Waals surface area contributed by atoms with E-state index in [1.54, 1.807) is 7.11 Å². The maximum Gasteiger partial charge on any atom is 0.225 e. The predicted octanol–water partition coefficient (Wildman–Crippen LogP) is 2.06. The second-order valence-electron chi connectivity index (χ2n) is 5.96. The molecule has 1 aromatic rings. The summed E-state index contributed by atoms with van der Waals surface area (Å²) in [6.07, 6.45) is 4.90. The molecule has 3 rings (SSSR count). The smallest absolute Gasteiger partial charge is 0.225 e. The van der Waals surface area contributed by atoms with Crippen LogP contribution < -0.4 is 5.32 Å². The van der Waals surface area contributed by atoms with Crippen molar-refractivity contribution in [1.29, 1.82) is 0 Å². The molecule has 6 nitrogen and oxygen atoms in total. The summed E-state index contributed by atoms with van der Waals surface area (Å²) in [5, 5.41) is 10.1. The molecule has 2 N–H and O–H groups in total. The summed E-state index contributed by atoms with van der Waals surface area (Å²) in [6.45, 7) is 1.59. The molecule has 1 aliphatic heterocycles. The number of nitrogens with zero attached hydrogens (tertiary/aromatic N) is 1. The molecule has 1 aliphatic carbocycles. The van der Waals surface area contributed by atoms with Crippen LogP contribution in [0, 0.1) is 5.92 Å². The van der Waals surface area contributed by atoms with Gasteiger partial charge in [0, 0.05) is 44.4 Å². The van der Waals surface area contributed by atoms with Crippen molar-refractivity contribution in [2.75, 3.05) is 25.6 Å². The lowest BCUT2D eigenvalue weighted by atomic mass is 9.79. The number of carbonyl (C=O) groups is 1. The molecule has 0 spiro atoms. The normalized spacial score (nSPS) is 26.3. The standard InChI is InChI=1S/C15H23N3O3/c1-20-13-3-2-11(13)8-15(19)16-14-9-12(17-18-14)10-4-6-21-7-5-10/h9-11,13H,2-8H2,1H3,(H2,16,17,18,19). The molecule has 2 heterocycles. The lowest BCUT2D eigenvalue weighted by Gasteiger charge is -2.34. The first-order valence-electron chi connectivity index (χ1n) is 7.72. The van der Waals surface area contributed by atoms with Crippen LogP contribution >= 0.6 is 0 Å². The molecule has 6 heteroatoms. The maximum atomic E-state index is 12.0. The first-order chi connectivity index (χ1) is 10.3. The van der Waals surface area contributed by atoms with Crippen LogP contribution in [0.25, 0.3) is 0 Å². The number of ether oxygens (including phenoxy) is 2. The average Bonchev–Trinajstić information content (AvgIpc) is 2.94. The summed E-state index contributed by atoms with van der Waals surface area (Å²) in [4.78, 5) is 12.0. The van der Waals surface area contributed by atoms with Gasteiger partial charge in [-0.25, -0.2) is 0 Å².